The monoisotopic (exact) mass is 487 g/mol. The summed E-state index contributed by atoms with van der Waals surface area (Å²) in [6.45, 7) is 6.42. The average Bonchev–Trinajstić information content (AvgIpc) is 2.78. The Morgan fingerprint density at radius 3 is 2.44 bits per heavy atom. The highest BCUT2D eigenvalue weighted by atomic mass is 35.5. The van der Waals surface area contributed by atoms with Gasteiger partial charge in [0.25, 0.3) is 5.91 Å². The first-order valence-electron chi connectivity index (χ1n) is 11.4. The fraction of sp³-hybridized carbons (Fsp3) is 0.696. The molecule has 2 fully saturated rings. The molecule has 1 amide bonds. The highest BCUT2D eigenvalue weighted by Gasteiger charge is 2.48. The van der Waals surface area contributed by atoms with E-state index in [-0.39, 0.29) is 29.6 Å². The highest BCUT2D eigenvalue weighted by molar-refractivity contribution is 7.89. The van der Waals surface area contributed by atoms with Crippen LogP contribution in [0.15, 0.2) is 30.3 Å². The van der Waals surface area contributed by atoms with Crippen LogP contribution in [0.2, 0.25) is 0 Å². The van der Waals surface area contributed by atoms with Crippen LogP contribution >= 0.6 is 12.4 Å². The maximum absolute atomic E-state index is 12.9. The molecule has 1 aliphatic carbocycles. The Hall–Kier alpha value is -1.19. The number of hydrogen-bond donors (Lipinski definition) is 1. The standard InChI is InChI=1S/C23H37N3O4S.ClH/c1-4-17-31(28,29)26-15-13-25(14-16-26)23(12-8-9-19(2)18-23)22(30-3)24-21(27)20-10-6-5-7-11-20;/h5-7,10-11,19,22H,4,8-9,12-18H2,1-3H3,(H,24,27);1H. The summed E-state index contributed by atoms with van der Waals surface area (Å²) in [5.41, 5.74) is 0.274. The van der Waals surface area contributed by atoms with Crippen LogP contribution in [0.1, 0.15) is 56.3 Å². The summed E-state index contributed by atoms with van der Waals surface area (Å²) in [6, 6.07) is 9.20. The predicted molar refractivity (Wildman–Crippen MR) is 130 cm³/mol. The second-order valence-electron chi connectivity index (χ2n) is 8.96. The Kier molecular flexibility index (Phi) is 9.97. The van der Waals surface area contributed by atoms with Gasteiger partial charge in [-0.1, -0.05) is 44.9 Å². The van der Waals surface area contributed by atoms with Crippen molar-refractivity contribution in [3.05, 3.63) is 35.9 Å². The molecule has 1 aromatic carbocycles. The smallest absolute Gasteiger partial charge is 0.253 e. The van der Waals surface area contributed by atoms with Crippen molar-refractivity contribution in [3.8, 4) is 0 Å². The van der Waals surface area contributed by atoms with Crippen LogP contribution in [0.5, 0.6) is 0 Å². The van der Waals surface area contributed by atoms with E-state index in [0.717, 1.165) is 25.7 Å². The van der Waals surface area contributed by atoms with E-state index in [4.69, 9.17) is 4.74 Å². The van der Waals surface area contributed by atoms with E-state index < -0.39 is 16.3 Å². The topological polar surface area (TPSA) is 79.0 Å². The highest BCUT2D eigenvalue weighted by Crippen LogP contribution is 2.40. The van der Waals surface area contributed by atoms with E-state index in [2.05, 4.69) is 17.1 Å². The number of sulfonamides is 1. The zero-order chi connectivity index (χ0) is 22.5. The minimum absolute atomic E-state index is 0. The van der Waals surface area contributed by atoms with Crippen LogP contribution in [0.25, 0.3) is 0 Å². The normalized spacial score (nSPS) is 26.2. The fourth-order valence-corrected chi connectivity index (χ4v) is 6.75. The Bertz CT molecular complexity index is 831. The van der Waals surface area contributed by atoms with E-state index in [1.165, 1.54) is 0 Å². The van der Waals surface area contributed by atoms with Crippen molar-refractivity contribution in [2.45, 2.75) is 57.7 Å². The molecule has 9 heteroatoms. The van der Waals surface area contributed by atoms with Crippen molar-refractivity contribution in [2.24, 2.45) is 5.92 Å². The molecular weight excluding hydrogens is 450 g/mol. The Morgan fingerprint density at radius 2 is 1.88 bits per heavy atom. The van der Waals surface area contributed by atoms with Gasteiger partial charge in [-0.2, -0.15) is 4.31 Å². The molecule has 1 saturated heterocycles. The van der Waals surface area contributed by atoms with Gasteiger partial charge in [0.05, 0.1) is 11.3 Å². The molecule has 3 rings (SSSR count). The zero-order valence-corrected chi connectivity index (χ0v) is 21.1. The summed E-state index contributed by atoms with van der Waals surface area (Å²) in [4.78, 5) is 15.3. The average molecular weight is 488 g/mol. The molecule has 1 aromatic rings. The lowest BCUT2D eigenvalue weighted by molar-refractivity contribution is -0.102. The summed E-state index contributed by atoms with van der Waals surface area (Å²) >= 11 is 0. The number of benzene rings is 1. The number of ether oxygens (including phenoxy) is 1. The third-order valence-corrected chi connectivity index (χ3v) is 8.83. The summed E-state index contributed by atoms with van der Waals surface area (Å²) in [7, 11) is -1.54. The second kappa shape index (κ2) is 11.8. The number of halogens is 1. The molecule has 1 heterocycles. The molecule has 1 N–H and O–H groups in total. The molecule has 1 aliphatic heterocycles. The van der Waals surface area contributed by atoms with Gasteiger partial charge in [0.1, 0.15) is 6.23 Å². The van der Waals surface area contributed by atoms with Gasteiger partial charge in [-0.3, -0.25) is 9.69 Å². The number of hydrogen-bond acceptors (Lipinski definition) is 5. The molecule has 1 saturated carbocycles. The van der Waals surface area contributed by atoms with Crippen molar-refractivity contribution in [3.63, 3.8) is 0 Å². The van der Waals surface area contributed by atoms with Gasteiger partial charge in [0, 0.05) is 38.9 Å². The molecule has 182 valence electrons. The maximum atomic E-state index is 12.9. The quantitative estimate of drug-likeness (QED) is 0.570. The van der Waals surface area contributed by atoms with E-state index >= 15 is 0 Å². The molecule has 0 radical (unpaired) electrons. The van der Waals surface area contributed by atoms with Gasteiger partial charge in [-0.25, -0.2) is 8.42 Å². The third kappa shape index (κ3) is 6.03. The van der Waals surface area contributed by atoms with Crippen molar-refractivity contribution in [2.75, 3.05) is 39.0 Å². The summed E-state index contributed by atoms with van der Waals surface area (Å²) in [6.07, 6.45) is 4.24. The molecule has 7 nitrogen and oxygen atoms in total. The van der Waals surface area contributed by atoms with E-state index in [9.17, 15) is 13.2 Å². The van der Waals surface area contributed by atoms with Gasteiger partial charge in [0.15, 0.2) is 0 Å². The SMILES string of the molecule is CCCS(=O)(=O)N1CCN(C2(C(NC(=O)c3ccccc3)OC)CCCC(C)C2)CC1.Cl. The van der Waals surface area contributed by atoms with Crippen LogP contribution in [0.3, 0.4) is 0 Å². The molecule has 0 aromatic heterocycles. The number of nitrogens with zero attached hydrogens (tertiary/aromatic N) is 2. The van der Waals surface area contributed by atoms with Crippen LogP contribution in [-0.2, 0) is 14.8 Å². The number of nitrogens with one attached hydrogen (secondary N) is 1. The molecule has 32 heavy (non-hydrogen) atoms. The summed E-state index contributed by atoms with van der Waals surface area (Å²) in [5, 5.41) is 3.14. The van der Waals surface area contributed by atoms with E-state index in [0.29, 0.717) is 44.1 Å². The van der Waals surface area contributed by atoms with Crippen LogP contribution in [0.4, 0.5) is 0 Å². The van der Waals surface area contributed by atoms with E-state index in [1.54, 1.807) is 23.5 Å². The molecule has 0 spiro atoms. The van der Waals surface area contributed by atoms with Crippen LogP contribution < -0.4 is 5.32 Å². The second-order valence-corrected chi connectivity index (χ2v) is 11.1. The largest absolute Gasteiger partial charge is 0.360 e. The Labute approximate surface area is 199 Å². The Morgan fingerprint density at radius 1 is 1.22 bits per heavy atom. The van der Waals surface area contributed by atoms with Gasteiger partial charge in [-0.05, 0) is 37.3 Å². The number of piperazine rings is 1. The third-order valence-electron chi connectivity index (χ3n) is 6.75. The van der Waals surface area contributed by atoms with Gasteiger partial charge in [0.2, 0.25) is 10.0 Å². The number of methoxy groups -OCH3 is 1. The van der Waals surface area contributed by atoms with Gasteiger partial charge >= 0.3 is 0 Å². The van der Waals surface area contributed by atoms with Crippen molar-refractivity contribution in [1.29, 1.82) is 0 Å². The Balaban J connectivity index is 0.00000363. The van der Waals surface area contributed by atoms with Crippen molar-refractivity contribution >= 4 is 28.3 Å². The van der Waals surface area contributed by atoms with Gasteiger partial charge in [-0.15, -0.1) is 12.4 Å². The summed E-state index contributed by atoms with van der Waals surface area (Å²) in [5.74, 6) is 0.569. The number of carbonyl (C=O) groups excluding carboxylic acids is 1. The van der Waals surface area contributed by atoms with Crippen molar-refractivity contribution < 1.29 is 17.9 Å². The number of carbonyl (C=O) groups is 1. The number of rotatable bonds is 8. The van der Waals surface area contributed by atoms with Crippen LogP contribution in [-0.4, -0.2) is 74.3 Å². The first-order valence-corrected chi connectivity index (χ1v) is 13.0. The number of amides is 1. The summed E-state index contributed by atoms with van der Waals surface area (Å²) < 4.78 is 32.6. The fourth-order valence-electron chi connectivity index (χ4n) is 5.26. The first kappa shape index (κ1) is 27.1. The molecular formula is C23H38ClN3O4S. The van der Waals surface area contributed by atoms with Crippen LogP contribution in [0, 0.1) is 5.92 Å². The molecule has 3 atom stereocenters. The lowest BCUT2D eigenvalue weighted by Crippen LogP contribution is -2.68. The maximum Gasteiger partial charge on any atom is 0.253 e. The van der Waals surface area contributed by atoms with Crippen molar-refractivity contribution in [1.82, 2.24) is 14.5 Å². The lowest BCUT2D eigenvalue weighted by atomic mass is 9.73. The first-order chi connectivity index (χ1) is 14.8. The zero-order valence-electron chi connectivity index (χ0n) is 19.5. The predicted octanol–water partition coefficient (Wildman–Crippen LogP) is 3.12. The molecule has 0 bridgehead atoms. The minimum atomic E-state index is -3.19. The van der Waals surface area contributed by atoms with Gasteiger partial charge < -0.3 is 10.1 Å². The lowest BCUT2D eigenvalue weighted by Gasteiger charge is -2.53. The minimum Gasteiger partial charge on any atom is -0.360 e. The molecule has 2 aliphatic rings. The van der Waals surface area contributed by atoms with E-state index in [1.807, 2.05) is 25.1 Å². The molecule has 3 unspecified atom stereocenters.